The van der Waals surface area contributed by atoms with E-state index in [0.29, 0.717) is 5.82 Å². The molecular formula is C52H34N2O. The highest BCUT2D eigenvalue weighted by atomic mass is 16.3. The molecule has 0 aliphatic carbocycles. The summed E-state index contributed by atoms with van der Waals surface area (Å²) in [6.07, 6.45) is 0. The molecule has 2 aromatic heterocycles. The lowest BCUT2D eigenvalue weighted by molar-refractivity contribution is 0.669. The first-order chi connectivity index (χ1) is 27.2. The van der Waals surface area contributed by atoms with Gasteiger partial charge in [-0.25, -0.2) is 9.97 Å². The average molecular weight is 703 g/mol. The molecule has 8 aromatic carbocycles. The fourth-order valence-electron chi connectivity index (χ4n) is 7.63. The molecule has 0 atom stereocenters. The van der Waals surface area contributed by atoms with Gasteiger partial charge in [0.25, 0.3) is 0 Å². The quantitative estimate of drug-likeness (QED) is 0.166. The van der Waals surface area contributed by atoms with Gasteiger partial charge in [-0.3, -0.25) is 0 Å². The Kier molecular flexibility index (Phi) is 8.16. The van der Waals surface area contributed by atoms with Gasteiger partial charge < -0.3 is 4.42 Å². The molecule has 0 N–H and O–H groups in total. The van der Waals surface area contributed by atoms with Gasteiger partial charge >= 0.3 is 0 Å². The third kappa shape index (κ3) is 6.18. The molecule has 0 saturated heterocycles. The van der Waals surface area contributed by atoms with E-state index in [9.17, 15) is 0 Å². The van der Waals surface area contributed by atoms with Crippen LogP contribution in [-0.4, -0.2) is 9.97 Å². The van der Waals surface area contributed by atoms with Gasteiger partial charge in [-0.05, 0) is 80.9 Å². The molecule has 0 fully saturated rings. The lowest BCUT2D eigenvalue weighted by Crippen LogP contribution is -1.97. The van der Waals surface area contributed by atoms with Gasteiger partial charge in [-0.2, -0.15) is 0 Å². The molecule has 0 spiro atoms. The molecule has 55 heavy (non-hydrogen) atoms. The third-order valence-electron chi connectivity index (χ3n) is 10.3. The van der Waals surface area contributed by atoms with Crippen molar-refractivity contribution >= 4 is 21.9 Å². The van der Waals surface area contributed by atoms with Gasteiger partial charge in [0.1, 0.15) is 11.2 Å². The molecule has 2 heterocycles. The summed E-state index contributed by atoms with van der Waals surface area (Å²) in [5.74, 6) is 0.680. The van der Waals surface area contributed by atoms with Crippen LogP contribution in [0.15, 0.2) is 211 Å². The zero-order valence-electron chi connectivity index (χ0n) is 29.9. The van der Waals surface area contributed by atoms with E-state index in [-0.39, 0.29) is 0 Å². The Morgan fingerprint density at radius 2 is 0.764 bits per heavy atom. The summed E-state index contributed by atoms with van der Waals surface area (Å²) in [5, 5.41) is 2.20. The number of para-hydroxylation sites is 1. The van der Waals surface area contributed by atoms with E-state index in [1.54, 1.807) is 0 Å². The fourth-order valence-corrected chi connectivity index (χ4v) is 7.63. The zero-order chi connectivity index (χ0) is 36.6. The third-order valence-corrected chi connectivity index (χ3v) is 10.3. The van der Waals surface area contributed by atoms with Gasteiger partial charge in [-0.15, -0.1) is 0 Å². The summed E-state index contributed by atoms with van der Waals surface area (Å²) in [6, 6.07) is 72.2. The minimum atomic E-state index is 0.680. The first kappa shape index (κ1) is 32.3. The molecule has 0 aliphatic rings. The van der Waals surface area contributed by atoms with Gasteiger partial charge in [0.2, 0.25) is 0 Å². The SMILES string of the molecule is c1ccc(-c2ccc(-c3cc(-c4cc(-c5ccccc5-c5ccccc5)cc(-c5cccc6oc7ccccc7c56)c4)nc(-c4ccccc4)n3)cc2)cc1. The molecule has 0 saturated carbocycles. The van der Waals surface area contributed by atoms with E-state index >= 15 is 0 Å². The smallest absolute Gasteiger partial charge is 0.160 e. The van der Waals surface area contributed by atoms with Crippen molar-refractivity contribution in [2.45, 2.75) is 0 Å². The van der Waals surface area contributed by atoms with Gasteiger partial charge in [-0.1, -0.05) is 170 Å². The van der Waals surface area contributed by atoms with E-state index < -0.39 is 0 Å². The van der Waals surface area contributed by atoms with Crippen LogP contribution < -0.4 is 0 Å². The number of benzene rings is 8. The number of hydrogen-bond acceptors (Lipinski definition) is 3. The van der Waals surface area contributed by atoms with Crippen LogP contribution in [0, 0.1) is 0 Å². The molecule has 0 amide bonds. The van der Waals surface area contributed by atoms with Crippen molar-refractivity contribution < 1.29 is 4.42 Å². The van der Waals surface area contributed by atoms with Crippen LogP contribution in [0.3, 0.4) is 0 Å². The second kappa shape index (κ2) is 13.9. The number of furan rings is 1. The normalized spacial score (nSPS) is 11.3. The Hall–Kier alpha value is -7.36. The molecule has 3 heteroatoms. The first-order valence-corrected chi connectivity index (χ1v) is 18.6. The summed E-state index contributed by atoms with van der Waals surface area (Å²) in [6.45, 7) is 0. The Bertz CT molecular complexity index is 2950. The molecule has 0 radical (unpaired) electrons. The molecule has 258 valence electrons. The highest BCUT2D eigenvalue weighted by Crippen LogP contribution is 2.42. The van der Waals surface area contributed by atoms with Crippen molar-refractivity contribution in [3.05, 3.63) is 206 Å². The van der Waals surface area contributed by atoms with Crippen LogP contribution in [0.2, 0.25) is 0 Å². The van der Waals surface area contributed by atoms with Crippen molar-refractivity contribution in [3.8, 4) is 78.4 Å². The minimum absolute atomic E-state index is 0.680. The van der Waals surface area contributed by atoms with E-state index in [4.69, 9.17) is 14.4 Å². The van der Waals surface area contributed by atoms with Crippen LogP contribution in [0.4, 0.5) is 0 Å². The zero-order valence-corrected chi connectivity index (χ0v) is 29.9. The monoisotopic (exact) mass is 702 g/mol. The standard InChI is InChI=1S/C52H34N2O/c1-4-15-35(16-5-1)36-27-29-38(30-28-36)47-34-48(54-52(53-47)39-19-8-3-9-20-39)42-32-40(44-22-11-10-21-43(44)37-17-6-2-7-18-37)31-41(33-42)45-24-14-26-50-51(45)46-23-12-13-25-49(46)55-50/h1-34H. The maximum absolute atomic E-state index is 6.37. The molecule has 0 aliphatic heterocycles. The summed E-state index contributed by atoms with van der Waals surface area (Å²) in [5.41, 5.74) is 15.6. The topological polar surface area (TPSA) is 38.9 Å². The predicted octanol–water partition coefficient (Wildman–Crippen LogP) is 14.0. The molecular weight excluding hydrogens is 669 g/mol. The van der Waals surface area contributed by atoms with E-state index in [1.807, 2.05) is 36.4 Å². The lowest BCUT2D eigenvalue weighted by atomic mass is 9.89. The number of fused-ring (bicyclic) bond motifs is 3. The Labute approximate surface area is 319 Å². The minimum Gasteiger partial charge on any atom is -0.456 e. The number of aromatic nitrogens is 2. The lowest BCUT2D eigenvalue weighted by Gasteiger charge is -2.16. The maximum atomic E-state index is 6.37. The molecule has 3 nitrogen and oxygen atoms in total. The van der Waals surface area contributed by atoms with Crippen molar-refractivity contribution in [2.24, 2.45) is 0 Å². The maximum Gasteiger partial charge on any atom is 0.160 e. The highest BCUT2D eigenvalue weighted by molar-refractivity contribution is 6.12. The van der Waals surface area contributed by atoms with Gasteiger partial charge in [0.05, 0.1) is 11.4 Å². The first-order valence-electron chi connectivity index (χ1n) is 18.6. The Morgan fingerprint density at radius 1 is 0.291 bits per heavy atom. The Balaban J connectivity index is 1.21. The number of rotatable bonds is 7. The number of hydrogen-bond donors (Lipinski definition) is 0. The van der Waals surface area contributed by atoms with Crippen molar-refractivity contribution in [3.63, 3.8) is 0 Å². The van der Waals surface area contributed by atoms with Gasteiger partial charge in [0, 0.05) is 27.5 Å². The molecule has 10 rings (SSSR count). The highest BCUT2D eigenvalue weighted by Gasteiger charge is 2.18. The van der Waals surface area contributed by atoms with Gasteiger partial charge in [0.15, 0.2) is 5.82 Å². The summed E-state index contributed by atoms with van der Waals surface area (Å²) in [4.78, 5) is 10.4. The largest absolute Gasteiger partial charge is 0.456 e. The average Bonchev–Trinajstić information content (AvgIpc) is 3.66. The van der Waals surface area contributed by atoms with Crippen molar-refractivity contribution in [2.75, 3.05) is 0 Å². The van der Waals surface area contributed by atoms with Crippen LogP contribution in [0.25, 0.3) is 100 Å². The Morgan fingerprint density at radius 3 is 1.47 bits per heavy atom. The van der Waals surface area contributed by atoms with Crippen LogP contribution in [0.1, 0.15) is 0 Å². The summed E-state index contributed by atoms with van der Waals surface area (Å²) >= 11 is 0. The van der Waals surface area contributed by atoms with Crippen LogP contribution in [0.5, 0.6) is 0 Å². The predicted molar refractivity (Wildman–Crippen MR) is 227 cm³/mol. The van der Waals surface area contributed by atoms with E-state index in [1.165, 1.54) is 16.7 Å². The van der Waals surface area contributed by atoms with E-state index in [0.717, 1.165) is 77.8 Å². The van der Waals surface area contributed by atoms with Crippen LogP contribution >= 0.6 is 0 Å². The fraction of sp³-hybridized carbons (Fsp3) is 0. The van der Waals surface area contributed by atoms with Crippen molar-refractivity contribution in [1.82, 2.24) is 9.97 Å². The number of nitrogens with zero attached hydrogens (tertiary/aromatic N) is 2. The van der Waals surface area contributed by atoms with Crippen LogP contribution in [-0.2, 0) is 0 Å². The van der Waals surface area contributed by atoms with Crippen molar-refractivity contribution in [1.29, 1.82) is 0 Å². The second-order valence-electron chi connectivity index (χ2n) is 13.8. The summed E-state index contributed by atoms with van der Waals surface area (Å²) < 4.78 is 6.37. The second-order valence-corrected chi connectivity index (χ2v) is 13.8. The summed E-state index contributed by atoms with van der Waals surface area (Å²) in [7, 11) is 0. The molecule has 0 unspecified atom stereocenters. The molecule has 10 aromatic rings. The van der Waals surface area contributed by atoms with E-state index in [2.05, 4.69) is 170 Å². The molecule has 0 bridgehead atoms.